The van der Waals surface area contributed by atoms with Crippen molar-refractivity contribution in [3.05, 3.63) is 35.8 Å². The van der Waals surface area contributed by atoms with Crippen LogP contribution in [0.4, 0.5) is 5.82 Å². The number of imidazole rings is 1. The van der Waals surface area contributed by atoms with E-state index in [1.807, 2.05) is 19.9 Å². The van der Waals surface area contributed by atoms with Crippen molar-refractivity contribution in [2.45, 2.75) is 26.7 Å². The summed E-state index contributed by atoms with van der Waals surface area (Å²) < 4.78 is 0. The van der Waals surface area contributed by atoms with E-state index in [9.17, 15) is 4.79 Å². The van der Waals surface area contributed by atoms with Crippen molar-refractivity contribution in [2.75, 3.05) is 24.5 Å². The number of aromatic nitrogens is 4. The van der Waals surface area contributed by atoms with E-state index in [0.717, 1.165) is 43.3 Å². The molecule has 3 rings (SSSR count). The van der Waals surface area contributed by atoms with E-state index in [1.54, 1.807) is 12.5 Å². The lowest BCUT2D eigenvalue weighted by Gasteiger charge is -2.32. The minimum absolute atomic E-state index is 0.0994. The van der Waals surface area contributed by atoms with E-state index >= 15 is 0 Å². The van der Waals surface area contributed by atoms with Crippen molar-refractivity contribution in [3.8, 4) is 0 Å². The zero-order valence-electron chi connectivity index (χ0n) is 13.5. The number of aromatic amines is 1. The normalized spacial score (nSPS) is 15.7. The molecule has 0 aliphatic carbocycles. The maximum Gasteiger partial charge on any atom is 0.271 e. The van der Waals surface area contributed by atoms with Gasteiger partial charge in [-0.05, 0) is 38.7 Å². The number of carbonyl (C=O) groups excluding carboxylic acids is 1. The average molecular weight is 314 g/mol. The number of aryl methyl sites for hydroxylation is 2. The maximum absolute atomic E-state index is 12.1. The first-order valence-electron chi connectivity index (χ1n) is 7.96. The number of rotatable bonds is 4. The molecule has 3 heterocycles. The molecule has 1 amide bonds. The molecule has 0 unspecified atom stereocenters. The van der Waals surface area contributed by atoms with Gasteiger partial charge in [0.05, 0.1) is 6.33 Å². The zero-order valence-corrected chi connectivity index (χ0v) is 13.5. The van der Waals surface area contributed by atoms with Gasteiger partial charge in [-0.25, -0.2) is 15.0 Å². The topological polar surface area (TPSA) is 86.8 Å². The van der Waals surface area contributed by atoms with Crippen LogP contribution in [0.25, 0.3) is 0 Å². The van der Waals surface area contributed by atoms with E-state index in [0.29, 0.717) is 18.2 Å². The highest BCUT2D eigenvalue weighted by Crippen LogP contribution is 2.21. The summed E-state index contributed by atoms with van der Waals surface area (Å²) in [5.74, 6) is 2.19. The molecule has 122 valence electrons. The highest BCUT2D eigenvalue weighted by Gasteiger charge is 2.21. The smallest absolute Gasteiger partial charge is 0.271 e. The maximum atomic E-state index is 12.1. The Hall–Kier alpha value is -2.44. The first kappa shape index (κ1) is 15.5. The summed E-state index contributed by atoms with van der Waals surface area (Å²) in [6.45, 7) is 6.37. The van der Waals surface area contributed by atoms with E-state index in [1.165, 1.54) is 0 Å². The SMILES string of the molecule is Cc1nccc(N2CCC(CNC(=O)c3nc[nH]c3C)CC2)n1. The number of anilines is 1. The fraction of sp³-hybridized carbons (Fsp3) is 0.500. The predicted octanol–water partition coefficient (Wildman–Crippen LogP) is 1.46. The van der Waals surface area contributed by atoms with Gasteiger partial charge in [0.2, 0.25) is 0 Å². The van der Waals surface area contributed by atoms with Crippen molar-refractivity contribution in [1.82, 2.24) is 25.3 Å². The number of nitrogens with zero attached hydrogens (tertiary/aromatic N) is 4. The second kappa shape index (κ2) is 6.76. The number of hydrogen-bond acceptors (Lipinski definition) is 5. The third-order valence-corrected chi connectivity index (χ3v) is 4.30. The van der Waals surface area contributed by atoms with Crippen molar-refractivity contribution >= 4 is 11.7 Å². The Morgan fingerprint density at radius 2 is 2.13 bits per heavy atom. The minimum Gasteiger partial charge on any atom is -0.356 e. The molecule has 2 aromatic heterocycles. The van der Waals surface area contributed by atoms with Gasteiger partial charge < -0.3 is 15.2 Å². The summed E-state index contributed by atoms with van der Waals surface area (Å²) in [5.41, 5.74) is 1.29. The summed E-state index contributed by atoms with van der Waals surface area (Å²) in [6.07, 6.45) is 5.44. The molecule has 0 spiro atoms. The lowest BCUT2D eigenvalue weighted by molar-refractivity contribution is 0.0939. The fourth-order valence-corrected chi connectivity index (χ4v) is 2.89. The highest BCUT2D eigenvalue weighted by atomic mass is 16.1. The molecule has 7 heteroatoms. The highest BCUT2D eigenvalue weighted by molar-refractivity contribution is 5.93. The Labute approximate surface area is 135 Å². The quantitative estimate of drug-likeness (QED) is 0.892. The van der Waals surface area contributed by atoms with Crippen molar-refractivity contribution in [1.29, 1.82) is 0 Å². The predicted molar refractivity (Wildman–Crippen MR) is 87.4 cm³/mol. The third-order valence-electron chi connectivity index (χ3n) is 4.30. The van der Waals surface area contributed by atoms with Crippen LogP contribution in [0, 0.1) is 19.8 Å². The van der Waals surface area contributed by atoms with E-state index in [2.05, 4.69) is 30.2 Å². The number of amides is 1. The van der Waals surface area contributed by atoms with Crippen LogP contribution < -0.4 is 10.2 Å². The van der Waals surface area contributed by atoms with Gasteiger partial charge in [0.25, 0.3) is 5.91 Å². The molecule has 0 bridgehead atoms. The molecule has 0 atom stereocenters. The number of hydrogen-bond donors (Lipinski definition) is 2. The van der Waals surface area contributed by atoms with Gasteiger partial charge in [-0.2, -0.15) is 0 Å². The molecule has 23 heavy (non-hydrogen) atoms. The molecular formula is C16H22N6O. The average Bonchev–Trinajstić information content (AvgIpc) is 2.99. The van der Waals surface area contributed by atoms with Crippen LogP contribution in [0.15, 0.2) is 18.6 Å². The van der Waals surface area contributed by atoms with Gasteiger partial charge in [-0.3, -0.25) is 4.79 Å². The Bertz CT molecular complexity index is 675. The molecule has 2 N–H and O–H groups in total. The molecule has 7 nitrogen and oxygen atoms in total. The first-order chi connectivity index (χ1) is 11.1. The molecule has 1 aliphatic rings. The van der Waals surface area contributed by atoms with Crippen molar-refractivity contribution < 1.29 is 4.79 Å². The lowest BCUT2D eigenvalue weighted by atomic mass is 9.96. The Morgan fingerprint density at radius 1 is 1.35 bits per heavy atom. The summed E-state index contributed by atoms with van der Waals surface area (Å²) in [7, 11) is 0. The van der Waals surface area contributed by atoms with Gasteiger partial charge in [0, 0.05) is 31.5 Å². The summed E-state index contributed by atoms with van der Waals surface area (Å²) in [5, 5.41) is 2.99. The second-order valence-electron chi connectivity index (χ2n) is 5.98. The summed E-state index contributed by atoms with van der Waals surface area (Å²) in [6, 6.07) is 1.95. The van der Waals surface area contributed by atoms with Gasteiger partial charge in [0.15, 0.2) is 0 Å². The Balaban J connectivity index is 1.48. The van der Waals surface area contributed by atoms with Crippen LogP contribution in [-0.2, 0) is 0 Å². The fourth-order valence-electron chi connectivity index (χ4n) is 2.89. The molecule has 1 saturated heterocycles. The summed E-state index contributed by atoms with van der Waals surface area (Å²) in [4.78, 5) is 29.9. The van der Waals surface area contributed by atoms with E-state index < -0.39 is 0 Å². The number of piperidine rings is 1. The monoisotopic (exact) mass is 314 g/mol. The van der Waals surface area contributed by atoms with Crippen LogP contribution >= 0.6 is 0 Å². The molecule has 0 radical (unpaired) electrons. The zero-order chi connectivity index (χ0) is 16.2. The molecular weight excluding hydrogens is 292 g/mol. The van der Waals surface area contributed by atoms with Crippen molar-refractivity contribution in [2.24, 2.45) is 5.92 Å². The summed E-state index contributed by atoms with van der Waals surface area (Å²) >= 11 is 0. The lowest BCUT2D eigenvalue weighted by Crippen LogP contribution is -2.39. The van der Waals surface area contributed by atoms with Crippen LogP contribution in [0.3, 0.4) is 0 Å². The van der Waals surface area contributed by atoms with E-state index in [4.69, 9.17) is 0 Å². The van der Waals surface area contributed by atoms with Gasteiger partial charge in [0.1, 0.15) is 17.3 Å². The van der Waals surface area contributed by atoms with Gasteiger partial charge in [-0.1, -0.05) is 0 Å². The van der Waals surface area contributed by atoms with Crippen LogP contribution in [0.5, 0.6) is 0 Å². The van der Waals surface area contributed by atoms with Crippen LogP contribution in [-0.4, -0.2) is 45.5 Å². The molecule has 2 aromatic rings. The van der Waals surface area contributed by atoms with Crippen LogP contribution in [0.2, 0.25) is 0 Å². The molecule has 0 saturated carbocycles. The molecule has 1 aliphatic heterocycles. The number of carbonyl (C=O) groups is 1. The minimum atomic E-state index is -0.0994. The van der Waals surface area contributed by atoms with Crippen molar-refractivity contribution in [3.63, 3.8) is 0 Å². The second-order valence-corrected chi connectivity index (χ2v) is 5.98. The molecule has 0 aromatic carbocycles. The Kier molecular flexibility index (Phi) is 4.55. The number of nitrogens with one attached hydrogen (secondary N) is 2. The standard InChI is InChI=1S/C16H22N6O/c1-11-15(20-10-19-11)16(23)18-9-13-4-7-22(8-5-13)14-3-6-17-12(2)21-14/h3,6,10,13H,4-5,7-9H2,1-2H3,(H,18,23)(H,19,20). The number of H-pyrrole nitrogens is 1. The van der Waals surface area contributed by atoms with Gasteiger partial charge in [-0.15, -0.1) is 0 Å². The largest absolute Gasteiger partial charge is 0.356 e. The van der Waals surface area contributed by atoms with E-state index in [-0.39, 0.29) is 5.91 Å². The third kappa shape index (κ3) is 3.67. The molecule has 1 fully saturated rings. The van der Waals surface area contributed by atoms with Gasteiger partial charge >= 0.3 is 0 Å². The van der Waals surface area contributed by atoms with Crippen LogP contribution in [0.1, 0.15) is 34.8 Å². The Morgan fingerprint density at radius 3 is 2.78 bits per heavy atom. The first-order valence-corrected chi connectivity index (χ1v) is 7.96.